The van der Waals surface area contributed by atoms with Crippen molar-refractivity contribution in [3.8, 4) is 16.9 Å². The summed E-state index contributed by atoms with van der Waals surface area (Å²) in [5.41, 5.74) is 3.65. The molecule has 0 bridgehead atoms. The van der Waals surface area contributed by atoms with Crippen LogP contribution in [-0.2, 0) is 6.42 Å². The number of aromatic hydroxyl groups is 1. The van der Waals surface area contributed by atoms with Gasteiger partial charge in [0.05, 0.1) is 5.56 Å². The average molecular weight is 238 g/mol. The van der Waals surface area contributed by atoms with Gasteiger partial charge < -0.3 is 5.11 Å². The van der Waals surface area contributed by atoms with E-state index in [1.54, 1.807) is 6.07 Å². The van der Waals surface area contributed by atoms with E-state index in [0.29, 0.717) is 12.0 Å². The normalized spacial score (nSPS) is 17.8. The van der Waals surface area contributed by atoms with Crippen LogP contribution in [-0.4, -0.2) is 10.9 Å². The van der Waals surface area contributed by atoms with Crippen molar-refractivity contribution >= 4 is 5.78 Å². The molecule has 1 N–H and O–H groups in total. The van der Waals surface area contributed by atoms with Crippen molar-refractivity contribution in [2.75, 3.05) is 0 Å². The number of ketones is 1. The van der Waals surface area contributed by atoms with Gasteiger partial charge in [-0.3, -0.25) is 4.79 Å². The van der Waals surface area contributed by atoms with Gasteiger partial charge in [-0.05, 0) is 29.2 Å². The number of carbonyl (C=O) groups excluding carboxylic acids is 1. The Bertz CT molecular complexity index is 614. The molecule has 3 rings (SSSR count). The van der Waals surface area contributed by atoms with Gasteiger partial charge in [-0.15, -0.1) is 0 Å². The third-order valence-corrected chi connectivity index (χ3v) is 3.58. The zero-order valence-electron chi connectivity index (χ0n) is 10.2. The molecule has 1 atom stereocenters. The topological polar surface area (TPSA) is 37.3 Å². The highest BCUT2D eigenvalue weighted by Gasteiger charge is 2.31. The lowest BCUT2D eigenvalue weighted by molar-refractivity contribution is 0.0944. The summed E-state index contributed by atoms with van der Waals surface area (Å²) in [4.78, 5) is 12.0. The lowest BCUT2D eigenvalue weighted by atomic mass is 9.96. The first kappa shape index (κ1) is 11.0. The van der Waals surface area contributed by atoms with Crippen LogP contribution in [0.4, 0.5) is 0 Å². The van der Waals surface area contributed by atoms with Crippen molar-refractivity contribution in [1.29, 1.82) is 0 Å². The molecular weight excluding hydrogens is 224 g/mol. The number of phenolic OH excluding ortho intramolecular Hbond substituents is 1. The summed E-state index contributed by atoms with van der Waals surface area (Å²) >= 11 is 0. The lowest BCUT2D eigenvalue weighted by Crippen LogP contribution is -2.03. The highest BCUT2D eigenvalue weighted by Crippen LogP contribution is 2.39. The van der Waals surface area contributed by atoms with Crippen molar-refractivity contribution in [2.45, 2.75) is 13.3 Å². The monoisotopic (exact) mass is 238 g/mol. The predicted molar refractivity (Wildman–Crippen MR) is 70.7 cm³/mol. The van der Waals surface area contributed by atoms with E-state index < -0.39 is 0 Å². The standard InChI is InChI=1S/C16H14O2/c1-10-9-13-12(11-5-3-2-4-6-11)7-8-14(17)15(13)16(10)18/h2-8,10,17H,9H2,1H3. The molecule has 2 nitrogen and oxygen atoms in total. The molecule has 0 aliphatic heterocycles. The van der Waals surface area contributed by atoms with E-state index in [4.69, 9.17) is 0 Å². The van der Waals surface area contributed by atoms with Gasteiger partial charge in [-0.1, -0.05) is 43.3 Å². The minimum atomic E-state index is -0.0317. The maximum atomic E-state index is 12.0. The summed E-state index contributed by atoms with van der Waals surface area (Å²) in [7, 11) is 0. The molecule has 0 radical (unpaired) electrons. The van der Waals surface area contributed by atoms with Crippen LogP contribution in [0, 0.1) is 5.92 Å². The van der Waals surface area contributed by atoms with Gasteiger partial charge in [-0.25, -0.2) is 0 Å². The van der Waals surface area contributed by atoms with Crippen molar-refractivity contribution in [3.05, 3.63) is 53.6 Å². The van der Waals surface area contributed by atoms with Crippen LogP contribution in [0.25, 0.3) is 11.1 Å². The zero-order chi connectivity index (χ0) is 12.7. The molecule has 2 aromatic carbocycles. The fraction of sp³-hybridized carbons (Fsp3) is 0.188. The first-order valence-electron chi connectivity index (χ1n) is 6.13. The van der Waals surface area contributed by atoms with Gasteiger partial charge in [0.1, 0.15) is 5.75 Å². The molecule has 1 unspecified atom stereocenters. The van der Waals surface area contributed by atoms with Crippen molar-refractivity contribution in [3.63, 3.8) is 0 Å². The molecule has 0 spiro atoms. The highest BCUT2D eigenvalue weighted by molar-refractivity contribution is 6.06. The van der Waals surface area contributed by atoms with Crippen LogP contribution in [0.2, 0.25) is 0 Å². The second-order valence-corrected chi connectivity index (χ2v) is 4.82. The van der Waals surface area contributed by atoms with E-state index in [2.05, 4.69) is 0 Å². The maximum Gasteiger partial charge on any atom is 0.170 e. The summed E-state index contributed by atoms with van der Waals surface area (Å²) in [6.45, 7) is 1.91. The van der Waals surface area contributed by atoms with Crippen LogP contribution >= 0.6 is 0 Å². The van der Waals surface area contributed by atoms with Gasteiger partial charge in [0.2, 0.25) is 0 Å². The smallest absolute Gasteiger partial charge is 0.170 e. The minimum absolute atomic E-state index is 0.0317. The Labute approximate surface area is 106 Å². The molecule has 0 saturated heterocycles. The van der Waals surface area contributed by atoms with Crippen molar-refractivity contribution < 1.29 is 9.90 Å². The van der Waals surface area contributed by atoms with E-state index in [9.17, 15) is 9.90 Å². The highest BCUT2D eigenvalue weighted by atomic mass is 16.3. The van der Waals surface area contributed by atoms with Crippen LogP contribution in [0.3, 0.4) is 0 Å². The van der Waals surface area contributed by atoms with E-state index in [1.165, 1.54) is 0 Å². The Kier molecular flexibility index (Phi) is 2.44. The van der Waals surface area contributed by atoms with Crippen LogP contribution in [0.15, 0.2) is 42.5 Å². The fourth-order valence-electron chi connectivity index (χ4n) is 2.66. The minimum Gasteiger partial charge on any atom is -0.507 e. The largest absolute Gasteiger partial charge is 0.507 e. The molecule has 0 saturated carbocycles. The summed E-state index contributed by atoms with van der Waals surface area (Å²) in [6.07, 6.45) is 0.715. The Morgan fingerprint density at radius 2 is 1.83 bits per heavy atom. The number of carbonyl (C=O) groups is 1. The molecule has 0 fully saturated rings. The zero-order valence-corrected chi connectivity index (χ0v) is 10.2. The SMILES string of the molecule is CC1Cc2c(-c3ccccc3)ccc(O)c2C1=O. The molecule has 90 valence electrons. The third-order valence-electron chi connectivity index (χ3n) is 3.58. The van der Waals surface area contributed by atoms with Gasteiger partial charge >= 0.3 is 0 Å². The van der Waals surface area contributed by atoms with E-state index in [0.717, 1.165) is 16.7 Å². The summed E-state index contributed by atoms with van der Waals surface area (Å²) in [6, 6.07) is 13.5. The summed E-state index contributed by atoms with van der Waals surface area (Å²) in [5, 5.41) is 9.87. The Hall–Kier alpha value is -2.09. The molecule has 2 aromatic rings. The fourth-order valence-corrected chi connectivity index (χ4v) is 2.66. The molecular formula is C16H14O2. The first-order valence-corrected chi connectivity index (χ1v) is 6.13. The third kappa shape index (κ3) is 1.53. The molecule has 1 aliphatic rings. The second kappa shape index (κ2) is 3.98. The van der Waals surface area contributed by atoms with Gasteiger partial charge in [-0.2, -0.15) is 0 Å². The van der Waals surface area contributed by atoms with Crippen LogP contribution in [0.1, 0.15) is 22.8 Å². The van der Waals surface area contributed by atoms with Crippen LogP contribution < -0.4 is 0 Å². The molecule has 0 heterocycles. The molecule has 18 heavy (non-hydrogen) atoms. The van der Waals surface area contributed by atoms with E-state index >= 15 is 0 Å². The Morgan fingerprint density at radius 1 is 1.11 bits per heavy atom. The number of fused-ring (bicyclic) bond motifs is 1. The molecule has 1 aliphatic carbocycles. The van der Waals surface area contributed by atoms with Gasteiger partial charge in [0.15, 0.2) is 5.78 Å². The van der Waals surface area contributed by atoms with E-state index in [-0.39, 0.29) is 17.5 Å². The van der Waals surface area contributed by atoms with E-state index in [1.807, 2.05) is 43.3 Å². The summed E-state index contributed by atoms with van der Waals surface area (Å²) in [5.74, 6) is 0.134. The molecule has 0 aromatic heterocycles. The maximum absolute atomic E-state index is 12.0. The quantitative estimate of drug-likeness (QED) is 0.826. The number of Topliss-reactive ketones (excluding diaryl/α,β-unsaturated/α-hetero) is 1. The Balaban J connectivity index is 2.24. The number of hydrogen-bond donors (Lipinski definition) is 1. The predicted octanol–water partition coefficient (Wildman–Crippen LogP) is 3.43. The lowest BCUT2D eigenvalue weighted by Gasteiger charge is -2.09. The Morgan fingerprint density at radius 3 is 2.56 bits per heavy atom. The summed E-state index contributed by atoms with van der Waals surface area (Å²) < 4.78 is 0. The second-order valence-electron chi connectivity index (χ2n) is 4.82. The van der Waals surface area contributed by atoms with Gasteiger partial charge in [0, 0.05) is 5.92 Å². The van der Waals surface area contributed by atoms with Crippen molar-refractivity contribution in [2.24, 2.45) is 5.92 Å². The number of benzene rings is 2. The number of hydrogen-bond acceptors (Lipinski definition) is 2. The number of rotatable bonds is 1. The van der Waals surface area contributed by atoms with Crippen molar-refractivity contribution in [1.82, 2.24) is 0 Å². The number of phenols is 1. The van der Waals surface area contributed by atoms with Crippen LogP contribution in [0.5, 0.6) is 5.75 Å². The molecule has 2 heteroatoms. The van der Waals surface area contributed by atoms with Gasteiger partial charge in [0.25, 0.3) is 0 Å². The molecule has 0 amide bonds. The average Bonchev–Trinajstić information content (AvgIpc) is 2.68. The first-order chi connectivity index (χ1) is 8.68.